The molecule has 19 heavy (non-hydrogen) atoms. The maximum Gasteiger partial charge on any atom is 0.338 e. The van der Waals surface area contributed by atoms with Crippen LogP contribution in [0.5, 0.6) is 5.75 Å². The second-order valence-corrected chi connectivity index (χ2v) is 3.96. The van der Waals surface area contributed by atoms with E-state index < -0.39 is 0 Å². The van der Waals surface area contributed by atoms with E-state index in [1.807, 2.05) is 12.1 Å². The highest BCUT2D eigenvalue weighted by atomic mass is 16.5. The van der Waals surface area contributed by atoms with Crippen LogP contribution in [0.4, 0.5) is 0 Å². The Hall–Kier alpha value is -2.55. The summed E-state index contributed by atoms with van der Waals surface area (Å²) in [6, 6.07) is 15.6. The van der Waals surface area contributed by atoms with E-state index >= 15 is 0 Å². The fourth-order valence-electron chi connectivity index (χ4n) is 1.55. The molecule has 0 aliphatic heterocycles. The van der Waals surface area contributed by atoms with Gasteiger partial charge in [0.05, 0.1) is 5.56 Å². The van der Waals surface area contributed by atoms with Crippen molar-refractivity contribution in [2.24, 2.45) is 0 Å². The summed E-state index contributed by atoms with van der Waals surface area (Å²) in [4.78, 5) is 11.6. The first-order valence-corrected chi connectivity index (χ1v) is 5.93. The molecule has 0 amide bonds. The van der Waals surface area contributed by atoms with Crippen LogP contribution in [0.2, 0.25) is 0 Å². The summed E-state index contributed by atoms with van der Waals surface area (Å²) in [6.07, 6.45) is 3.59. The maximum atomic E-state index is 11.6. The minimum atomic E-state index is -0.337. The number of hydrogen-bond donors (Lipinski definition) is 1. The third-order valence-electron chi connectivity index (χ3n) is 2.52. The summed E-state index contributed by atoms with van der Waals surface area (Å²) in [7, 11) is 0. The van der Waals surface area contributed by atoms with E-state index in [0.29, 0.717) is 5.56 Å². The van der Waals surface area contributed by atoms with Gasteiger partial charge in [0.25, 0.3) is 0 Å². The molecular weight excluding hydrogens is 240 g/mol. The molecule has 0 aromatic heterocycles. The second-order valence-electron chi connectivity index (χ2n) is 3.96. The standard InChI is InChI=1S/C16H14O3/c17-15-10-8-13(9-11-15)5-4-12-19-16(18)14-6-2-1-3-7-14/h1-11,17H,12H2. The van der Waals surface area contributed by atoms with Crippen molar-refractivity contribution in [3.8, 4) is 5.75 Å². The first-order chi connectivity index (χ1) is 9.25. The van der Waals surface area contributed by atoms with Crippen LogP contribution in [-0.2, 0) is 4.74 Å². The van der Waals surface area contributed by atoms with Gasteiger partial charge in [0.2, 0.25) is 0 Å². The van der Waals surface area contributed by atoms with Crippen LogP contribution in [0.15, 0.2) is 60.7 Å². The lowest BCUT2D eigenvalue weighted by Crippen LogP contribution is -2.04. The maximum absolute atomic E-state index is 11.6. The first-order valence-electron chi connectivity index (χ1n) is 5.93. The number of aromatic hydroxyl groups is 1. The van der Waals surface area contributed by atoms with E-state index in [4.69, 9.17) is 9.84 Å². The number of esters is 1. The zero-order chi connectivity index (χ0) is 13.5. The van der Waals surface area contributed by atoms with Crippen molar-refractivity contribution in [1.29, 1.82) is 0 Å². The Labute approximate surface area is 111 Å². The van der Waals surface area contributed by atoms with E-state index in [0.717, 1.165) is 5.56 Å². The molecule has 0 bridgehead atoms. The molecule has 2 rings (SSSR count). The average molecular weight is 254 g/mol. The molecule has 0 spiro atoms. The molecule has 0 saturated heterocycles. The molecule has 0 saturated carbocycles. The zero-order valence-electron chi connectivity index (χ0n) is 10.3. The lowest BCUT2D eigenvalue weighted by atomic mass is 10.2. The third-order valence-corrected chi connectivity index (χ3v) is 2.52. The lowest BCUT2D eigenvalue weighted by Gasteiger charge is -2.01. The molecule has 3 heteroatoms. The predicted octanol–water partition coefficient (Wildman–Crippen LogP) is 3.26. The van der Waals surface area contributed by atoms with Gasteiger partial charge in [-0.15, -0.1) is 0 Å². The molecule has 2 aromatic rings. The topological polar surface area (TPSA) is 46.5 Å². The van der Waals surface area contributed by atoms with Gasteiger partial charge < -0.3 is 9.84 Å². The molecule has 96 valence electrons. The van der Waals surface area contributed by atoms with Crippen LogP contribution in [0.3, 0.4) is 0 Å². The Morgan fingerprint density at radius 2 is 1.74 bits per heavy atom. The summed E-state index contributed by atoms with van der Waals surface area (Å²) in [5, 5.41) is 9.13. The number of phenols is 1. The van der Waals surface area contributed by atoms with Crippen molar-refractivity contribution in [2.45, 2.75) is 0 Å². The number of hydrogen-bond acceptors (Lipinski definition) is 3. The highest BCUT2D eigenvalue weighted by Crippen LogP contribution is 2.10. The van der Waals surface area contributed by atoms with E-state index in [2.05, 4.69) is 0 Å². The summed E-state index contributed by atoms with van der Waals surface area (Å²) >= 11 is 0. The van der Waals surface area contributed by atoms with Gasteiger partial charge in [-0.1, -0.05) is 36.4 Å². The van der Waals surface area contributed by atoms with Gasteiger partial charge in [-0.05, 0) is 35.9 Å². The van der Waals surface area contributed by atoms with Crippen LogP contribution >= 0.6 is 0 Å². The van der Waals surface area contributed by atoms with Gasteiger partial charge in [-0.2, -0.15) is 0 Å². The quantitative estimate of drug-likeness (QED) is 0.852. The van der Waals surface area contributed by atoms with Crippen molar-refractivity contribution in [1.82, 2.24) is 0 Å². The normalized spacial score (nSPS) is 10.5. The first kappa shape index (κ1) is 12.9. The number of rotatable bonds is 4. The Kier molecular flexibility index (Phi) is 4.34. The van der Waals surface area contributed by atoms with Gasteiger partial charge in [0.1, 0.15) is 12.4 Å². The van der Waals surface area contributed by atoms with Gasteiger partial charge in [-0.25, -0.2) is 4.79 Å². The number of benzene rings is 2. The highest BCUT2D eigenvalue weighted by molar-refractivity contribution is 5.89. The second kappa shape index (κ2) is 6.40. The summed E-state index contributed by atoms with van der Waals surface area (Å²) in [6.45, 7) is 0.217. The average Bonchev–Trinajstić information content (AvgIpc) is 2.46. The minimum Gasteiger partial charge on any atom is -0.508 e. The SMILES string of the molecule is O=C(OCC=Cc1ccc(O)cc1)c1ccccc1. The molecule has 0 fully saturated rings. The summed E-state index contributed by atoms with van der Waals surface area (Å²) in [5.74, 6) is -0.108. The van der Waals surface area contributed by atoms with E-state index in [1.54, 1.807) is 54.6 Å². The largest absolute Gasteiger partial charge is 0.508 e. The highest BCUT2D eigenvalue weighted by Gasteiger charge is 2.03. The zero-order valence-corrected chi connectivity index (χ0v) is 10.3. The van der Waals surface area contributed by atoms with Gasteiger partial charge in [-0.3, -0.25) is 0 Å². The lowest BCUT2D eigenvalue weighted by molar-refractivity contribution is 0.0550. The van der Waals surface area contributed by atoms with Crippen LogP contribution in [0.1, 0.15) is 15.9 Å². The van der Waals surface area contributed by atoms with Gasteiger partial charge in [0.15, 0.2) is 0 Å². The van der Waals surface area contributed by atoms with Crippen LogP contribution in [0.25, 0.3) is 6.08 Å². The fraction of sp³-hybridized carbons (Fsp3) is 0.0625. The molecule has 1 N–H and O–H groups in total. The fourth-order valence-corrected chi connectivity index (χ4v) is 1.55. The molecule has 0 radical (unpaired) electrons. The molecular formula is C16H14O3. The van der Waals surface area contributed by atoms with Crippen LogP contribution in [-0.4, -0.2) is 17.7 Å². The monoisotopic (exact) mass is 254 g/mol. The van der Waals surface area contributed by atoms with E-state index in [-0.39, 0.29) is 18.3 Å². The van der Waals surface area contributed by atoms with Gasteiger partial charge >= 0.3 is 5.97 Å². The van der Waals surface area contributed by atoms with Crippen molar-refractivity contribution in [2.75, 3.05) is 6.61 Å². The Bertz CT molecular complexity index is 556. The summed E-state index contributed by atoms with van der Waals surface area (Å²) in [5.41, 5.74) is 1.48. The molecule has 2 aromatic carbocycles. The van der Waals surface area contributed by atoms with Crippen molar-refractivity contribution in [3.05, 3.63) is 71.8 Å². The van der Waals surface area contributed by atoms with Gasteiger partial charge in [0, 0.05) is 0 Å². The smallest absolute Gasteiger partial charge is 0.338 e. The molecule has 0 aliphatic rings. The molecule has 0 heterocycles. The van der Waals surface area contributed by atoms with Crippen molar-refractivity contribution >= 4 is 12.0 Å². The Balaban J connectivity index is 1.83. The molecule has 0 atom stereocenters. The molecule has 0 unspecified atom stereocenters. The molecule has 0 aliphatic carbocycles. The number of ether oxygens (including phenoxy) is 1. The number of carbonyl (C=O) groups excluding carboxylic acids is 1. The molecule has 3 nitrogen and oxygen atoms in total. The predicted molar refractivity (Wildman–Crippen MR) is 73.9 cm³/mol. The number of carbonyl (C=O) groups is 1. The Morgan fingerprint density at radius 1 is 1.05 bits per heavy atom. The van der Waals surface area contributed by atoms with Crippen LogP contribution < -0.4 is 0 Å². The van der Waals surface area contributed by atoms with E-state index in [9.17, 15) is 4.79 Å². The van der Waals surface area contributed by atoms with Crippen molar-refractivity contribution < 1.29 is 14.6 Å². The Morgan fingerprint density at radius 3 is 2.42 bits per heavy atom. The number of phenolic OH excluding ortho intramolecular Hbond substituents is 1. The van der Waals surface area contributed by atoms with Crippen molar-refractivity contribution in [3.63, 3.8) is 0 Å². The van der Waals surface area contributed by atoms with E-state index in [1.165, 1.54) is 0 Å². The van der Waals surface area contributed by atoms with Crippen LogP contribution in [0, 0.1) is 0 Å². The summed E-state index contributed by atoms with van der Waals surface area (Å²) < 4.78 is 5.10. The minimum absolute atomic E-state index is 0.217. The third kappa shape index (κ3) is 4.00.